The molecule has 98 valence electrons. The van der Waals surface area contributed by atoms with E-state index in [1.807, 2.05) is 6.08 Å². The van der Waals surface area contributed by atoms with Crippen molar-refractivity contribution >= 4 is 0 Å². The lowest BCUT2D eigenvalue weighted by Gasteiger charge is -2.35. The molecule has 0 radical (unpaired) electrons. The third kappa shape index (κ3) is 3.01. The zero-order chi connectivity index (χ0) is 13.0. The summed E-state index contributed by atoms with van der Waals surface area (Å²) in [7, 11) is 0. The molecule has 0 spiro atoms. The van der Waals surface area contributed by atoms with Gasteiger partial charge in [-0.05, 0) is 31.4 Å². The molecule has 1 saturated heterocycles. The Bertz CT molecular complexity index is 406. The van der Waals surface area contributed by atoms with Crippen molar-refractivity contribution in [2.45, 2.75) is 26.3 Å². The number of nitrogens with one attached hydrogen (secondary N) is 1. The van der Waals surface area contributed by atoms with Gasteiger partial charge in [0.25, 0.3) is 0 Å². The Morgan fingerprint density at radius 2 is 2.06 bits per heavy atom. The molecule has 1 N–H and O–H groups in total. The largest absolute Gasteiger partial charge is 0.314 e. The molecule has 1 aromatic rings. The standard InChI is InChI=1S/C16H24N2/c1-4-5-16(18-10-8-17-9-11-18)15-7-6-13(2)12-14(15)3/h4,6-7,12,16-17H,1,5,8-11H2,2-3H3/t16-/m1/s1. The summed E-state index contributed by atoms with van der Waals surface area (Å²) in [6, 6.07) is 7.29. The van der Waals surface area contributed by atoms with Crippen LogP contribution in [0.5, 0.6) is 0 Å². The topological polar surface area (TPSA) is 15.3 Å². The molecule has 2 nitrogen and oxygen atoms in total. The Balaban J connectivity index is 2.24. The molecule has 1 heterocycles. The van der Waals surface area contributed by atoms with Crippen molar-refractivity contribution in [2.24, 2.45) is 0 Å². The minimum Gasteiger partial charge on any atom is -0.314 e. The number of rotatable bonds is 4. The molecule has 18 heavy (non-hydrogen) atoms. The Hall–Kier alpha value is -1.12. The van der Waals surface area contributed by atoms with Gasteiger partial charge in [0.15, 0.2) is 0 Å². The monoisotopic (exact) mass is 244 g/mol. The first-order chi connectivity index (χ1) is 8.72. The van der Waals surface area contributed by atoms with Gasteiger partial charge in [0, 0.05) is 32.2 Å². The normalized spacial score (nSPS) is 18.6. The Morgan fingerprint density at radius 3 is 2.67 bits per heavy atom. The summed E-state index contributed by atoms with van der Waals surface area (Å²) in [5, 5.41) is 3.42. The SMILES string of the molecule is C=CC[C@H](c1ccc(C)cc1C)N1CCNCC1. The highest BCUT2D eigenvalue weighted by atomic mass is 15.2. The van der Waals surface area contributed by atoms with E-state index in [4.69, 9.17) is 0 Å². The van der Waals surface area contributed by atoms with Crippen LogP contribution in [0.15, 0.2) is 30.9 Å². The van der Waals surface area contributed by atoms with Gasteiger partial charge in [-0.15, -0.1) is 6.58 Å². The Morgan fingerprint density at radius 1 is 1.33 bits per heavy atom. The lowest BCUT2D eigenvalue weighted by molar-refractivity contribution is 0.174. The van der Waals surface area contributed by atoms with Crippen LogP contribution >= 0.6 is 0 Å². The summed E-state index contributed by atoms with van der Waals surface area (Å²) in [5.74, 6) is 0. The van der Waals surface area contributed by atoms with Crippen LogP contribution in [0.1, 0.15) is 29.2 Å². The van der Waals surface area contributed by atoms with Gasteiger partial charge in [-0.25, -0.2) is 0 Å². The summed E-state index contributed by atoms with van der Waals surface area (Å²) in [5.41, 5.74) is 4.21. The highest BCUT2D eigenvalue weighted by molar-refractivity contribution is 5.33. The maximum absolute atomic E-state index is 3.93. The van der Waals surface area contributed by atoms with Crippen molar-refractivity contribution in [3.8, 4) is 0 Å². The van der Waals surface area contributed by atoms with E-state index in [1.165, 1.54) is 16.7 Å². The summed E-state index contributed by atoms with van der Waals surface area (Å²) in [6.07, 6.45) is 3.08. The molecule has 0 bridgehead atoms. The lowest BCUT2D eigenvalue weighted by Crippen LogP contribution is -2.45. The number of nitrogens with zero attached hydrogens (tertiary/aromatic N) is 1. The Labute approximate surface area is 111 Å². The third-order valence-corrected chi connectivity index (χ3v) is 3.77. The van der Waals surface area contributed by atoms with Crippen LogP contribution < -0.4 is 5.32 Å². The second-order valence-corrected chi connectivity index (χ2v) is 5.19. The highest BCUT2D eigenvalue weighted by Crippen LogP contribution is 2.28. The number of hydrogen-bond donors (Lipinski definition) is 1. The molecule has 0 saturated carbocycles. The van der Waals surface area contributed by atoms with Crippen molar-refractivity contribution in [2.75, 3.05) is 26.2 Å². The Kier molecular flexibility index (Phi) is 4.56. The van der Waals surface area contributed by atoms with E-state index >= 15 is 0 Å². The molecule has 1 atom stereocenters. The second-order valence-electron chi connectivity index (χ2n) is 5.19. The van der Waals surface area contributed by atoms with Crippen molar-refractivity contribution < 1.29 is 0 Å². The van der Waals surface area contributed by atoms with Gasteiger partial charge in [-0.1, -0.05) is 29.8 Å². The van der Waals surface area contributed by atoms with E-state index in [0.717, 1.165) is 32.6 Å². The molecule has 2 rings (SSSR count). The number of benzene rings is 1. The maximum atomic E-state index is 3.93. The number of hydrogen-bond acceptors (Lipinski definition) is 2. The predicted octanol–water partition coefficient (Wildman–Crippen LogP) is 2.83. The van der Waals surface area contributed by atoms with Crippen molar-refractivity contribution in [1.82, 2.24) is 10.2 Å². The maximum Gasteiger partial charge on any atom is 0.0386 e. The second kappa shape index (κ2) is 6.17. The minimum absolute atomic E-state index is 0.491. The van der Waals surface area contributed by atoms with Crippen LogP contribution in [0, 0.1) is 13.8 Å². The summed E-state index contributed by atoms with van der Waals surface area (Å²) >= 11 is 0. The number of aryl methyl sites for hydroxylation is 2. The van der Waals surface area contributed by atoms with Gasteiger partial charge in [0.2, 0.25) is 0 Å². The van der Waals surface area contributed by atoms with Crippen LogP contribution in [-0.4, -0.2) is 31.1 Å². The zero-order valence-electron chi connectivity index (χ0n) is 11.6. The molecule has 0 aromatic heterocycles. The van der Waals surface area contributed by atoms with E-state index in [2.05, 4.69) is 48.8 Å². The first-order valence-electron chi connectivity index (χ1n) is 6.85. The highest BCUT2D eigenvalue weighted by Gasteiger charge is 2.22. The molecule has 1 aromatic carbocycles. The van der Waals surface area contributed by atoms with Gasteiger partial charge >= 0.3 is 0 Å². The van der Waals surface area contributed by atoms with Crippen LogP contribution in [-0.2, 0) is 0 Å². The summed E-state index contributed by atoms with van der Waals surface area (Å²) in [4.78, 5) is 2.58. The molecule has 1 aliphatic rings. The van der Waals surface area contributed by atoms with Crippen molar-refractivity contribution in [3.63, 3.8) is 0 Å². The van der Waals surface area contributed by atoms with Gasteiger partial charge in [-0.2, -0.15) is 0 Å². The molecular weight excluding hydrogens is 220 g/mol. The van der Waals surface area contributed by atoms with Crippen molar-refractivity contribution in [1.29, 1.82) is 0 Å². The van der Waals surface area contributed by atoms with E-state index < -0.39 is 0 Å². The van der Waals surface area contributed by atoms with E-state index in [1.54, 1.807) is 0 Å². The van der Waals surface area contributed by atoms with E-state index in [0.29, 0.717) is 6.04 Å². The van der Waals surface area contributed by atoms with Gasteiger partial charge in [0.05, 0.1) is 0 Å². The van der Waals surface area contributed by atoms with Gasteiger partial charge < -0.3 is 5.32 Å². The van der Waals surface area contributed by atoms with Crippen LogP contribution in [0.25, 0.3) is 0 Å². The summed E-state index contributed by atoms with van der Waals surface area (Å²) < 4.78 is 0. The van der Waals surface area contributed by atoms with E-state index in [9.17, 15) is 0 Å². The molecule has 1 aliphatic heterocycles. The van der Waals surface area contributed by atoms with Crippen LogP contribution in [0.3, 0.4) is 0 Å². The quantitative estimate of drug-likeness (QED) is 0.819. The molecule has 0 amide bonds. The van der Waals surface area contributed by atoms with Crippen LogP contribution in [0.2, 0.25) is 0 Å². The van der Waals surface area contributed by atoms with E-state index in [-0.39, 0.29) is 0 Å². The third-order valence-electron chi connectivity index (χ3n) is 3.77. The molecule has 0 aliphatic carbocycles. The fourth-order valence-corrected chi connectivity index (χ4v) is 2.82. The molecule has 2 heteroatoms. The predicted molar refractivity (Wildman–Crippen MR) is 77.9 cm³/mol. The smallest absolute Gasteiger partial charge is 0.0386 e. The van der Waals surface area contributed by atoms with Crippen LogP contribution in [0.4, 0.5) is 0 Å². The average Bonchev–Trinajstić information content (AvgIpc) is 2.38. The summed E-state index contributed by atoms with van der Waals surface area (Å²) in [6.45, 7) is 12.8. The van der Waals surface area contributed by atoms with Crippen molar-refractivity contribution in [3.05, 3.63) is 47.5 Å². The number of piperazine rings is 1. The molecular formula is C16H24N2. The fraction of sp³-hybridized carbons (Fsp3) is 0.500. The fourth-order valence-electron chi connectivity index (χ4n) is 2.82. The molecule has 1 fully saturated rings. The van der Waals surface area contributed by atoms with Gasteiger partial charge in [0.1, 0.15) is 0 Å². The first-order valence-corrected chi connectivity index (χ1v) is 6.85. The first kappa shape index (κ1) is 13.3. The molecule has 0 unspecified atom stereocenters. The van der Waals surface area contributed by atoms with Gasteiger partial charge in [-0.3, -0.25) is 4.90 Å². The zero-order valence-corrected chi connectivity index (χ0v) is 11.6. The lowest BCUT2D eigenvalue weighted by atomic mass is 9.95. The average molecular weight is 244 g/mol. The minimum atomic E-state index is 0.491.